The summed E-state index contributed by atoms with van der Waals surface area (Å²) < 4.78 is -0.957. The Morgan fingerprint density at radius 3 is 2.20 bits per heavy atom. The summed E-state index contributed by atoms with van der Waals surface area (Å²) >= 11 is 1.12. The van der Waals surface area contributed by atoms with Gasteiger partial charge in [0.1, 0.15) is 34.8 Å². The van der Waals surface area contributed by atoms with E-state index in [2.05, 4.69) is 10.3 Å². The maximum atomic E-state index is 14.0. The van der Waals surface area contributed by atoms with E-state index in [1.54, 1.807) is 26.0 Å². The highest BCUT2D eigenvalue weighted by atomic mass is 32.2. The van der Waals surface area contributed by atoms with Crippen LogP contribution in [-0.2, 0) is 24.0 Å². The van der Waals surface area contributed by atoms with E-state index in [9.17, 15) is 43.8 Å². The van der Waals surface area contributed by atoms with Gasteiger partial charge < -0.3 is 31.1 Å². The van der Waals surface area contributed by atoms with Crippen molar-refractivity contribution in [2.45, 2.75) is 49.0 Å². The van der Waals surface area contributed by atoms with Gasteiger partial charge in [-0.3, -0.25) is 33.7 Å². The van der Waals surface area contributed by atoms with Crippen LogP contribution in [0.5, 0.6) is 5.75 Å². The lowest BCUT2D eigenvalue weighted by molar-refractivity contribution is -0.166. The minimum absolute atomic E-state index is 0.0903. The van der Waals surface area contributed by atoms with Crippen molar-refractivity contribution in [3.8, 4) is 17.0 Å². The van der Waals surface area contributed by atoms with E-state index in [1.807, 2.05) is 0 Å². The molecule has 1 aromatic heterocycles. The number of ketones is 1. The van der Waals surface area contributed by atoms with Crippen LogP contribution >= 0.6 is 11.8 Å². The van der Waals surface area contributed by atoms with Gasteiger partial charge in [0, 0.05) is 23.1 Å². The number of H-pyrrole nitrogens is 1. The number of carbonyl (C=O) groups is 6. The molecule has 14 nitrogen and oxygen atoms in total. The molecule has 238 valence electrons. The van der Waals surface area contributed by atoms with Gasteiger partial charge in [0.2, 0.25) is 5.78 Å². The largest absolute Gasteiger partial charge is 0.508 e. The molecule has 4 atom stereocenters. The van der Waals surface area contributed by atoms with Crippen LogP contribution in [0.3, 0.4) is 0 Å². The van der Waals surface area contributed by atoms with E-state index in [0.717, 1.165) is 23.6 Å². The third-order valence-corrected chi connectivity index (χ3v) is 9.37. The summed E-state index contributed by atoms with van der Waals surface area (Å²) in [6, 6.07) is 9.99. The topological polar surface area (TPSA) is 220 Å². The molecule has 2 aromatic carbocycles. The van der Waals surface area contributed by atoms with Crippen molar-refractivity contribution in [3.05, 3.63) is 82.1 Å². The summed E-state index contributed by atoms with van der Waals surface area (Å²) in [6.45, 7) is 4.41. The van der Waals surface area contributed by atoms with Gasteiger partial charge in [0.25, 0.3) is 29.2 Å². The number of fused-ring (bicyclic) bond motifs is 1. The second-order valence-electron chi connectivity index (χ2n) is 11.3. The van der Waals surface area contributed by atoms with Crippen molar-refractivity contribution in [2.24, 2.45) is 5.73 Å². The van der Waals surface area contributed by atoms with Gasteiger partial charge in [-0.1, -0.05) is 24.3 Å². The van der Waals surface area contributed by atoms with Crippen LogP contribution in [0.1, 0.15) is 42.7 Å². The number of carboxylic acid groups (broad SMARTS) is 1. The van der Waals surface area contributed by atoms with Crippen LogP contribution in [0, 0.1) is 0 Å². The van der Waals surface area contributed by atoms with E-state index in [1.165, 1.54) is 48.5 Å². The lowest BCUT2D eigenvalue weighted by Crippen LogP contribution is -2.72. The number of nitrogens with zero attached hydrogens (tertiary/aromatic N) is 2. The Labute approximate surface area is 265 Å². The third-order valence-electron chi connectivity index (χ3n) is 7.81. The number of hydrogen-bond acceptors (Lipinski definition) is 10. The van der Waals surface area contributed by atoms with Crippen LogP contribution < -0.4 is 16.6 Å². The van der Waals surface area contributed by atoms with Crippen molar-refractivity contribution in [1.29, 1.82) is 0 Å². The number of nitrogens with one attached hydrogen (secondary N) is 2. The zero-order valence-corrected chi connectivity index (χ0v) is 25.5. The van der Waals surface area contributed by atoms with E-state index >= 15 is 0 Å². The summed E-state index contributed by atoms with van der Waals surface area (Å²) in [4.78, 5) is 93.9. The van der Waals surface area contributed by atoms with Gasteiger partial charge in [0.15, 0.2) is 0 Å². The number of anilines is 1. The maximum absolute atomic E-state index is 14.0. The zero-order chi connectivity index (χ0) is 33.7. The van der Waals surface area contributed by atoms with Gasteiger partial charge in [-0.15, -0.1) is 11.8 Å². The van der Waals surface area contributed by atoms with Crippen LogP contribution in [0.15, 0.2) is 65.5 Å². The second kappa shape index (κ2) is 11.9. The van der Waals surface area contributed by atoms with Gasteiger partial charge in [0.05, 0.1) is 0 Å². The molecule has 3 aromatic rings. The standard InChI is InChI=1S/C31H29N5O9S/c1-14(37)24(39)33-17-8-4-15(5-9-17)20-13-12-19(25(40)34-20)26(41)35(27(42)21(32)16-6-10-18(38)11-7-16)22-28(43)36-23(30(44)45)31(2,3)46-29(22)36/h4-13,21-23,29,38H,32H2,1-3H3,(H,33,39)(H,34,40)(H,44,45)/t21?,22-,23+,29-/m1/s1. The van der Waals surface area contributed by atoms with Crippen molar-refractivity contribution in [3.63, 3.8) is 0 Å². The molecule has 6 N–H and O–H groups in total. The first-order valence-electron chi connectivity index (χ1n) is 13.9. The number of pyridine rings is 1. The number of aromatic amines is 1. The molecule has 2 saturated heterocycles. The number of nitrogens with two attached hydrogens (primary N) is 1. The molecule has 5 rings (SSSR count). The number of phenols is 1. The number of phenolic OH excluding ortho intramolecular Hbond substituents is 1. The summed E-state index contributed by atoms with van der Waals surface area (Å²) in [5, 5.41) is 21.0. The predicted octanol–water partition coefficient (Wildman–Crippen LogP) is 1.46. The first-order valence-corrected chi connectivity index (χ1v) is 14.8. The van der Waals surface area contributed by atoms with Gasteiger partial charge in [-0.2, -0.15) is 0 Å². The molecule has 15 heteroatoms. The Bertz CT molecular complexity index is 1840. The number of carbonyl (C=O) groups excluding carboxylic acids is 5. The zero-order valence-electron chi connectivity index (χ0n) is 24.7. The number of amides is 4. The molecule has 0 radical (unpaired) electrons. The fourth-order valence-electron chi connectivity index (χ4n) is 5.46. The average molecular weight is 648 g/mol. The monoisotopic (exact) mass is 647 g/mol. The third kappa shape index (κ3) is 5.65. The number of carboxylic acids is 1. The molecule has 2 aliphatic heterocycles. The maximum Gasteiger partial charge on any atom is 0.327 e. The van der Waals surface area contributed by atoms with Crippen molar-refractivity contribution < 1.29 is 39.0 Å². The highest BCUT2D eigenvalue weighted by Gasteiger charge is 2.66. The highest BCUT2D eigenvalue weighted by molar-refractivity contribution is 8.01. The minimum Gasteiger partial charge on any atom is -0.508 e. The Kier molecular flexibility index (Phi) is 8.31. The van der Waals surface area contributed by atoms with Gasteiger partial charge in [-0.05, 0) is 61.4 Å². The number of Topliss-reactive ketones (excluding diaryl/α,β-unsaturated/α-hetero) is 1. The quantitative estimate of drug-likeness (QED) is 0.174. The fraction of sp³-hybridized carbons (Fsp3) is 0.258. The summed E-state index contributed by atoms with van der Waals surface area (Å²) in [6.07, 6.45) is 0. The number of β-lactam (4-membered cyclic amide) rings is 1. The van der Waals surface area contributed by atoms with E-state index < -0.39 is 74.8 Å². The molecule has 0 aliphatic carbocycles. The Balaban J connectivity index is 1.48. The number of rotatable bonds is 8. The number of aromatic nitrogens is 1. The predicted molar refractivity (Wildman–Crippen MR) is 166 cm³/mol. The smallest absolute Gasteiger partial charge is 0.327 e. The lowest BCUT2D eigenvalue weighted by atomic mass is 9.94. The van der Waals surface area contributed by atoms with Gasteiger partial charge >= 0.3 is 5.97 Å². The molecule has 2 fully saturated rings. The normalized spacial score (nSPS) is 20.2. The number of thioether (sulfide) groups is 1. The molecule has 0 saturated carbocycles. The van der Waals surface area contributed by atoms with E-state index in [-0.39, 0.29) is 17.0 Å². The summed E-state index contributed by atoms with van der Waals surface area (Å²) in [5.41, 5.74) is 6.25. The molecule has 2 aliphatic rings. The van der Waals surface area contributed by atoms with Crippen LogP contribution in [0.25, 0.3) is 11.3 Å². The number of aromatic hydroxyl groups is 1. The summed E-state index contributed by atoms with van der Waals surface area (Å²) in [7, 11) is 0. The second-order valence-corrected chi connectivity index (χ2v) is 13.1. The Morgan fingerprint density at radius 1 is 1.00 bits per heavy atom. The SMILES string of the molecule is CC(=O)C(=O)Nc1ccc(-c2ccc(C(=O)N(C(=O)C(N)c3ccc(O)cc3)[C@@H]3C(=O)N4[C@@H]3SC(C)(C)[C@@H]4C(=O)O)c(=O)[nH]2)cc1. The Morgan fingerprint density at radius 2 is 1.63 bits per heavy atom. The van der Waals surface area contributed by atoms with Gasteiger partial charge in [-0.25, -0.2) is 4.79 Å². The molecular weight excluding hydrogens is 618 g/mol. The number of aliphatic carboxylic acids is 1. The molecule has 1 unspecified atom stereocenters. The molecule has 4 amide bonds. The number of imide groups is 1. The van der Waals surface area contributed by atoms with Crippen molar-refractivity contribution in [2.75, 3.05) is 5.32 Å². The minimum atomic E-state index is -1.47. The van der Waals surface area contributed by atoms with Crippen molar-refractivity contribution >= 4 is 52.8 Å². The first-order chi connectivity index (χ1) is 21.6. The van der Waals surface area contributed by atoms with E-state index in [4.69, 9.17) is 5.73 Å². The average Bonchev–Trinajstić information content (AvgIpc) is 3.26. The number of benzene rings is 2. The summed E-state index contributed by atoms with van der Waals surface area (Å²) in [5.74, 6) is -5.68. The van der Waals surface area contributed by atoms with Crippen LogP contribution in [0.4, 0.5) is 5.69 Å². The molecule has 3 heterocycles. The Hall–Kier alpha value is -5.28. The molecular formula is C31H29N5O9S. The first kappa shape index (κ1) is 32.1. The number of hydrogen-bond donors (Lipinski definition) is 5. The van der Waals surface area contributed by atoms with Crippen LogP contribution in [-0.4, -0.2) is 82.6 Å². The molecule has 46 heavy (non-hydrogen) atoms. The fourth-order valence-corrected chi connectivity index (χ4v) is 7.13. The highest BCUT2D eigenvalue weighted by Crippen LogP contribution is 2.52. The lowest BCUT2D eigenvalue weighted by Gasteiger charge is -2.47. The van der Waals surface area contributed by atoms with E-state index in [0.29, 0.717) is 16.2 Å². The molecule has 0 bridgehead atoms. The molecule has 0 spiro atoms. The van der Waals surface area contributed by atoms with Crippen LogP contribution in [0.2, 0.25) is 0 Å². The van der Waals surface area contributed by atoms with Crippen molar-refractivity contribution in [1.82, 2.24) is 14.8 Å².